The van der Waals surface area contributed by atoms with Crippen molar-refractivity contribution in [1.82, 2.24) is 15.2 Å². The smallest absolute Gasteiger partial charge is 0.328 e. The number of hydrogen-bond acceptors (Lipinski definition) is 5. The SMILES string of the molecule is O=C(O)/C=C/c1nnc(-c2cc[nH]c(=O)c2)o1. The van der Waals surface area contributed by atoms with Crippen LogP contribution in [0.3, 0.4) is 0 Å². The summed E-state index contributed by atoms with van der Waals surface area (Å²) in [5.41, 5.74) is 0.180. The molecule has 0 atom stereocenters. The van der Waals surface area contributed by atoms with Crippen molar-refractivity contribution >= 4 is 12.0 Å². The summed E-state index contributed by atoms with van der Waals surface area (Å²) in [6, 6.07) is 2.90. The fourth-order valence-corrected chi connectivity index (χ4v) is 1.14. The van der Waals surface area contributed by atoms with Crippen LogP contribution in [0.25, 0.3) is 17.5 Å². The molecular weight excluding hydrogens is 226 g/mol. The van der Waals surface area contributed by atoms with E-state index in [0.29, 0.717) is 5.56 Å². The molecule has 7 heteroatoms. The number of nitrogens with one attached hydrogen (secondary N) is 1. The summed E-state index contributed by atoms with van der Waals surface area (Å²) in [5, 5.41) is 15.7. The number of hydrogen-bond donors (Lipinski definition) is 2. The average molecular weight is 233 g/mol. The lowest BCUT2D eigenvalue weighted by atomic mass is 10.3. The number of carbonyl (C=O) groups is 1. The Morgan fingerprint density at radius 1 is 1.47 bits per heavy atom. The number of aromatic nitrogens is 3. The molecule has 2 rings (SSSR count). The van der Waals surface area contributed by atoms with Gasteiger partial charge in [0.25, 0.3) is 0 Å². The quantitative estimate of drug-likeness (QED) is 0.748. The molecule has 2 aromatic heterocycles. The molecule has 0 fully saturated rings. The standard InChI is InChI=1S/C10H7N3O4/c14-7-5-6(3-4-11-7)10-13-12-8(17-10)1-2-9(15)16/h1-5H,(H,11,14)(H,15,16)/b2-1+. The van der Waals surface area contributed by atoms with Gasteiger partial charge in [-0.2, -0.15) is 0 Å². The molecule has 17 heavy (non-hydrogen) atoms. The summed E-state index contributed by atoms with van der Waals surface area (Å²) in [7, 11) is 0. The van der Waals surface area contributed by atoms with Crippen LogP contribution in [-0.2, 0) is 4.79 Å². The van der Waals surface area contributed by atoms with Crippen LogP contribution in [0.2, 0.25) is 0 Å². The van der Waals surface area contributed by atoms with E-state index in [2.05, 4.69) is 15.2 Å². The first-order valence-electron chi connectivity index (χ1n) is 4.59. The van der Waals surface area contributed by atoms with Gasteiger partial charge in [0.05, 0.1) is 0 Å². The topological polar surface area (TPSA) is 109 Å². The Bertz CT molecular complexity index is 626. The Morgan fingerprint density at radius 3 is 3.00 bits per heavy atom. The number of H-pyrrole nitrogens is 1. The highest BCUT2D eigenvalue weighted by Gasteiger charge is 2.06. The van der Waals surface area contributed by atoms with Crippen molar-refractivity contribution in [3.05, 3.63) is 40.7 Å². The maximum absolute atomic E-state index is 11.0. The minimum atomic E-state index is -1.11. The Morgan fingerprint density at radius 2 is 2.29 bits per heavy atom. The lowest BCUT2D eigenvalue weighted by Gasteiger charge is -1.90. The van der Waals surface area contributed by atoms with E-state index in [1.165, 1.54) is 18.3 Å². The van der Waals surface area contributed by atoms with Gasteiger partial charge >= 0.3 is 5.97 Å². The zero-order valence-electron chi connectivity index (χ0n) is 8.45. The molecular formula is C10H7N3O4. The van der Waals surface area contributed by atoms with Gasteiger partial charge in [0.15, 0.2) is 0 Å². The van der Waals surface area contributed by atoms with E-state index in [1.807, 2.05) is 0 Å². The van der Waals surface area contributed by atoms with E-state index >= 15 is 0 Å². The highest BCUT2D eigenvalue weighted by Crippen LogP contribution is 2.15. The second-order valence-electron chi connectivity index (χ2n) is 3.06. The van der Waals surface area contributed by atoms with E-state index in [9.17, 15) is 9.59 Å². The van der Waals surface area contributed by atoms with E-state index in [4.69, 9.17) is 9.52 Å². The Hall–Kier alpha value is -2.70. The Kier molecular flexibility index (Phi) is 2.82. The summed E-state index contributed by atoms with van der Waals surface area (Å²) >= 11 is 0. The molecule has 0 aliphatic heterocycles. The molecule has 2 heterocycles. The first-order valence-corrected chi connectivity index (χ1v) is 4.59. The van der Waals surface area contributed by atoms with E-state index in [-0.39, 0.29) is 17.3 Å². The van der Waals surface area contributed by atoms with Gasteiger partial charge in [0.1, 0.15) is 0 Å². The van der Waals surface area contributed by atoms with Gasteiger partial charge in [-0.05, 0) is 6.07 Å². The van der Waals surface area contributed by atoms with Crippen LogP contribution in [0.15, 0.2) is 33.6 Å². The highest BCUT2D eigenvalue weighted by molar-refractivity contribution is 5.84. The van der Waals surface area contributed by atoms with Crippen LogP contribution >= 0.6 is 0 Å². The van der Waals surface area contributed by atoms with Crippen LogP contribution in [0.1, 0.15) is 5.89 Å². The van der Waals surface area contributed by atoms with Gasteiger partial charge in [-0.3, -0.25) is 4.79 Å². The molecule has 0 bridgehead atoms. The van der Waals surface area contributed by atoms with Gasteiger partial charge in [-0.1, -0.05) is 0 Å². The average Bonchev–Trinajstić information content (AvgIpc) is 2.75. The molecule has 2 aromatic rings. The molecule has 0 saturated carbocycles. The van der Waals surface area contributed by atoms with Crippen molar-refractivity contribution in [2.24, 2.45) is 0 Å². The van der Waals surface area contributed by atoms with Gasteiger partial charge in [-0.25, -0.2) is 4.79 Å². The van der Waals surface area contributed by atoms with Crippen LogP contribution in [0, 0.1) is 0 Å². The Labute approximate surface area is 94.4 Å². The van der Waals surface area contributed by atoms with Crippen molar-refractivity contribution in [1.29, 1.82) is 0 Å². The van der Waals surface area contributed by atoms with Crippen LogP contribution < -0.4 is 5.56 Å². The molecule has 0 radical (unpaired) electrons. The van der Waals surface area contributed by atoms with Crippen molar-refractivity contribution in [2.75, 3.05) is 0 Å². The maximum Gasteiger partial charge on any atom is 0.328 e. The molecule has 0 unspecified atom stereocenters. The zero-order valence-corrected chi connectivity index (χ0v) is 8.45. The zero-order chi connectivity index (χ0) is 12.3. The van der Waals surface area contributed by atoms with Crippen LogP contribution in [0.4, 0.5) is 0 Å². The van der Waals surface area contributed by atoms with Crippen molar-refractivity contribution < 1.29 is 14.3 Å². The summed E-state index contributed by atoms with van der Waals surface area (Å²) in [5.74, 6) is -0.898. The predicted molar refractivity (Wildman–Crippen MR) is 57.0 cm³/mol. The van der Waals surface area contributed by atoms with Crippen molar-refractivity contribution in [3.63, 3.8) is 0 Å². The first kappa shape index (κ1) is 10.8. The molecule has 0 aliphatic carbocycles. The second-order valence-corrected chi connectivity index (χ2v) is 3.06. The molecule has 7 nitrogen and oxygen atoms in total. The Balaban J connectivity index is 2.30. The minimum Gasteiger partial charge on any atom is -0.478 e. The summed E-state index contributed by atoms with van der Waals surface area (Å²) in [4.78, 5) is 23.8. The number of aliphatic carboxylic acids is 1. The monoisotopic (exact) mass is 233 g/mol. The number of nitrogens with zero attached hydrogens (tertiary/aromatic N) is 2. The van der Waals surface area contributed by atoms with E-state index < -0.39 is 5.97 Å². The number of rotatable bonds is 3. The lowest BCUT2D eigenvalue weighted by Crippen LogP contribution is -2.01. The third kappa shape index (κ3) is 2.65. The van der Waals surface area contributed by atoms with Crippen LogP contribution in [0.5, 0.6) is 0 Å². The number of carboxylic acids is 1. The van der Waals surface area contributed by atoms with E-state index in [0.717, 1.165) is 6.08 Å². The largest absolute Gasteiger partial charge is 0.478 e. The number of aromatic amines is 1. The lowest BCUT2D eigenvalue weighted by molar-refractivity contribution is -0.131. The molecule has 0 amide bonds. The normalized spacial score (nSPS) is 10.8. The first-order chi connectivity index (χ1) is 8.15. The molecule has 0 aliphatic rings. The molecule has 0 spiro atoms. The predicted octanol–water partition coefficient (Wildman–Crippen LogP) is 0.523. The van der Waals surface area contributed by atoms with Crippen molar-refractivity contribution in [2.45, 2.75) is 0 Å². The van der Waals surface area contributed by atoms with Gasteiger partial charge in [0.2, 0.25) is 17.3 Å². The van der Waals surface area contributed by atoms with Gasteiger partial charge in [-0.15, -0.1) is 10.2 Å². The maximum atomic E-state index is 11.0. The van der Waals surface area contributed by atoms with Crippen LogP contribution in [-0.4, -0.2) is 26.3 Å². The summed E-state index contributed by atoms with van der Waals surface area (Å²) in [6.45, 7) is 0. The van der Waals surface area contributed by atoms with Crippen molar-refractivity contribution in [3.8, 4) is 11.5 Å². The minimum absolute atomic E-state index is 0.0580. The third-order valence-electron chi connectivity index (χ3n) is 1.83. The van der Waals surface area contributed by atoms with Gasteiger partial charge in [0, 0.05) is 30.0 Å². The molecule has 0 saturated heterocycles. The second kappa shape index (κ2) is 4.44. The molecule has 2 N–H and O–H groups in total. The summed E-state index contributed by atoms with van der Waals surface area (Å²) in [6.07, 6.45) is 3.51. The fourth-order valence-electron chi connectivity index (χ4n) is 1.14. The summed E-state index contributed by atoms with van der Waals surface area (Å²) < 4.78 is 5.15. The van der Waals surface area contributed by atoms with E-state index in [1.54, 1.807) is 6.07 Å². The third-order valence-corrected chi connectivity index (χ3v) is 1.83. The number of carboxylic acid groups (broad SMARTS) is 1. The molecule has 86 valence electrons. The number of pyridine rings is 1. The molecule has 0 aromatic carbocycles. The fraction of sp³-hybridized carbons (Fsp3) is 0. The highest BCUT2D eigenvalue weighted by atomic mass is 16.4. The van der Waals surface area contributed by atoms with Gasteiger partial charge < -0.3 is 14.5 Å².